The van der Waals surface area contributed by atoms with Crippen molar-refractivity contribution in [2.24, 2.45) is 5.73 Å². The summed E-state index contributed by atoms with van der Waals surface area (Å²) >= 11 is 6.58. The molecule has 7 N–H and O–H groups in total. The van der Waals surface area contributed by atoms with Gasteiger partial charge in [-0.1, -0.05) is 36.5 Å². The Kier molecular flexibility index (Phi) is 17.4. The molecule has 11 nitrogen and oxygen atoms in total. The van der Waals surface area contributed by atoms with Crippen LogP contribution in [0.25, 0.3) is 20.3 Å². The molecule has 1 saturated carbocycles. The van der Waals surface area contributed by atoms with Crippen LogP contribution >= 0.6 is 23.6 Å². The lowest BCUT2D eigenvalue weighted by atomic mass is 10.00. The first-order chi connectivity index (χ1) is 27.6. The second kappa shape index (κ2) is 22.7. The van der Waals surface area contributed by atoms with E-state index in [1.54, 1.807) is 54.8 Å². The van der Waals surface area contributed by atoms with E-state index in [1.165, 1.54) is 22.6 Å². The van der Waals surface area contributed by atoms with Gasteiger partial charge in [-0.05, 0) is 105 Å². The average molecular weight is 803 g/mol. The monoisotopic (exact) mass is 802 g/mol. The Morgan fingerprint density at radius 3 is 1.79 bits per heavy atom. The van der Waals surface area contributed by atoms with Crippen LogP contribution in [0.1, 0.15) is 54.3 Å². The van der Waals surface area contributed by atoms with Crippen molar-refractivity contribution in [1.82, 2.24) is 4.98 Å². The number of carbonyl (C=O) groups excluding carboxylic acids is 1. The minimum atomic E-state index is 0.0312. The maximum Gasteiger partial charge on any atom is 0.187 e. The first-order valence-electron chi connectivity index (χ1n) is 18.6. The first kappa shape index (κ1) is 43.9. The number of hydrogen-bond acceptors (Lipinski definition) is 10. The van der Waals surface area contributed by atoms with Crippen LogP contribution in [0.3, 0.4) is 0 Å². The fourth-order valence-electron chi connectivity index (χ4n) is 5.83. The van der Waals surface area contributed by atoms with Crippen molar-refractivity contribution >= 4 is 68.5 Å². The van der Waals surface area contributed by atoms with Crippen molar-refractivity contribution < 1.29 is 14.3 Å². The van der Waals surface area contributed by atoms with E-state index < -0.39 is 0 Å². The van der Waals surface area contributed by atoms with Crippen LogP contribution in [0.15, 0.2) is 97.1 Å². The SMILES string of the molecule is CNc1ccc(-c2nc3c(s2)C(OC)CCC3)cc1.CNc1ccc(C(N)=S)cc1.O=C1CCCC2OC12.[C-]#[N+]c1ccc(N)cc1.[C-]#[N+]c1ccc(NC)cc1. The highest BCUT2D eigenvalue weighted by Gasteiger charge is 2.46. The minimum absolute atomic E-state index is 0.0312. The van der Waals surface area contributed by atoms with Gasteiger partial charge in [-0.3, -0.25) is 4.79 Å². The molecule has 1 aliphatic heterocycles. The molecule has 4 aromatic carbocycles. The Bertz CT molecular complexity index is 2110. The molecule has 2 aliphatic carbocycles. The number of ether oxygens (including phenoxy) is 2. The third-order valence-electron chi connectivity index (χ3n) is 9.18. The van der Waals surface area contributed by atoms with Crippen molar-refractivity contribution in [3.8, 4) is 10.6 Å². The van der Waals surface area contributed by atoms with E-state index in [1.807, 2.05) is 57.5 Å². The number of nitrogens with two attached hydrogens (primary N) is 2. The lowest BCUT2D eigenvalue weighted by molar-refractivity contribution is -0.120. The fraction of sp³-hybridized carbons (Fsp3) is 0.295. The second-order valence-electron chi connectivity index (χ2n) is 13.0. The van der Waals surface area contributed by atoms with Gasteiger partial charge in [0.15, 0.2) is 17.2 Å². The molecule has 13 heteroatoms. The maximum atomic E-state index is 10.7. The first-order valence-corrected chi connectivity index (χ1v) is 19.8. The summed E-state index contributed by atoms with van der Waals surface area (Å²) in [6.45, 7) is 13.3. The smallest absolute Gasteiger partial charge is 0.187 e. The fourth-order valence-corrected chi connectivity index (χ4v) is 7.19. The summed E-state index contributed by atoms with van der Waals surface area (Å²) in [5.74, 6) is 0.321. The van der Waals surface area contributed by atoms with Gasteiger partial charge in [0.1, 0.15) is 16.1 Å². The highest BCUT2D eigenvalue weighted by molar-refractivity contribution is 7.80. The molecule has 57 heavy (non-hydrogen) atoms. The average Bonchev–Trinajstić information content (AvgIpc) is 3.95. The van der Waals surface area contributed by atoms with Gasteiger partial charge in [-0.15, -0.1) is 11.3 Å². The van der Waals surface area contributed by atoms with E-state index in [0.717, 1.165) is 59.7 Å². The van der Waals surface area contributed by atoms with Crippen molar-refractivity contribution in [3.05, 3.63) is 136 Å². The van der Waals surface area contributed by atoms with Crippen LogP contribution < -0.4 is 27.4 Å². The number of thiocarbonyl (C=S) groups is 1. The highest BCUT2D eigenvalue weighted by Crippen LogP contribution is 2.39. The summed E-state index contributed by atoms with van der Waals surface area (Å²) in [7, 11) is 7.45. The van der Waals surface area contributed by atoms with Crippen molar-refractivity contribution in [2.75, 3.05) is 49.9 Å². The largest absolute Gasteiger partial charge is 0.399 e. The number of nitrogens with zero attached hydrogens (tertiary/aromatic N) is 3. The van der Waals surface area contributed by atoms with Crippen molar-refractivity contribution in [3.63, 3.8) is 0 Å². The van der Waals surface area contributed by atoms with E-state index >= 15 is 0 Å². The van der Waals surface area contributed by atoms with Gasteiger partial charge in [0.2, 0.25) is 0 Å². The predicted molar refractivity (Wildman–Crippen MR) is 239 cm³/mol. The number of nitrogen functional groups attached to an aromatic ring is 1. The van der Waals surface area contributed by atoms with E-state index in [0.29, 0.717) is 33.9 Å². The molecular formula is C44H50N8O3S2. The number of benzene rings is 4. The lowest BCUT2D eigenvalue weighted by Crippen LogP contribution is -2.14. The molecule has 1 saturated heterocycles. The van der Waals surface area contributed by atoms with E-state index in [-0.39, 0.29) is 12.2 Å². The summed E-state index contributed by atoms with van der Waals surface area (Å²) in [4.78, 5) is 23.7. The number of Topliss-reactive ketones (excluding diaryl/α,β-unsaturated/α-hetero) is 1. The molecule has 0 spiro atoms. The van der Waals surface area contributed by atoms with Gasteiger partial charge < -0.3 is 36.9 Å². The molecule has 3 unspecified atom stereocenters. The number of thiazole rings is 1. The number of ketones is 1. The maximum absolute atomic E-state index is 10.7. The summed E-state index contributed by atoms with van der Waals surface area (Å²) in [5.41, 5.74) is 19.3. The zero-order valence-electron chi connectivity index (χ0n) is 32.7. The van der Waals surface area contributed by atoms with Gasteiger partial charge in [0.05, 0.1) is 35.9 Å². The Morgan fingerprint density at radius 2 is 1.32 bits per heavy atom. The molecule has 296 valence electrons. The molecule has 0 amide bonds. The van der Waals surface area contributed by atoms with E-state index in [4.69, 9.17) is 51.3 Å². The molecular weight excluding hydrogens is 753 g/mol. The molecule has 3 atom stereocenters. The molecule has 3 aliphatic rings. The number of methoxy groups -OCH3 is 1. The Hall–Kier alpha value is -5.83. The molecule has 0 bridgehead atoms. The Labute approximate surface area is 345 Å². The number of epoxide rings is 1. The number of anilines is 4. The Morgan fingerprint density at radius 1 is 0.807 bits per heavy atom. The van der Waals surface area contributed by atoms with Crippen molar-refractivity contribution in [1.29, 1.82) is 0 Å². The molecule has 1 aromatic heterocycles. The van der Waals surface area contributed by atoms with Crippen LogP contribution in [0.2, 0.25) is 0 Å². The third kappa shape index (κ3) is 13.7. The summed E-state index contributed by atoms with van der Waals surface area (Å²) in [6, 6.07) is 30.3. The van der Waals surface area contributed by atoms with Crippen LogP contribution in [0, 0.1) is 13.1 Å². The zero-order chi connectivity index (χ0) is 41.2. The lowest BCUT2D eigenvalue weighted by Gasteiger charge is -2.19. The van der Waals surface area contributed by atoms with Crippen LogP contribution in [-0.2, 0) is 20.7 Å². The highest BCUT2D eigenvalue weighted by atomic mass is 32.1. The van der Waals surface area contributed by atoms with Gasteiger partial charge in [0.25, 0.3) is 0 Å². The number of aromatic nitrogens is 1. The number of rotatable bonds is 6. The summed E-state index contributed by atoms with van der Waals surface area (Å²) in [5, 5.41) is 10.2. The predicted octanol–water partition coefficient (Wildman–Crippen LogP) is 9.84. The molecule has 5 aromatic rings. The van der Waals surface area contributed by atoms with Crippen LogP contribution in [-0.4, -0.2) is 56.2 Å². The van der Waals surface area contributed by atoms with Gasteiger partial charge in [-0.2, -0.15) is 0 Å². The molecule has 8 rings (SSSR count). The number of aryl methyl sites for hydroxylation is 1. The number of carbonyl (C=O) groups is 1. The molecule has 2 fully saturated rings. The van der Waals surface area contributed by atoms with Crippen LogP contribution in [0.4, 0.5) is 34.1 Å². The second-order valence-corrected chi connectivity index (χ2v) is 14.5. The normalized spacial score (nSPS) is 16.7. The quantitative estimate of drug-likeness (QED) is 0.0486. The zero-order valence-corrected chi connectivity index (χ0v) is 34.4. The molecule has 2 heterocycles. The number of nitrogens with one attached hydrogen (secondary N) is 3. The number of hydrogen-bond donors (Lipinski definition) is 5. The Balaban J connectivity index is 0.000000165. The van der Waals surface area contributed by atoms with Gasteiger partial charge in [0, 0.05) is 68.6 Å². The minimum Gasteiger partial charge on any atom is -0.399 e. The van der Waals surface area contributed by atoms with E-state index in [9.17, 15) is 4.79 Å². The van der Waals surface area contributed by atoms with E-state index in [2.05, 4.69) is 49.9 Å². The summed E-state index contributed by atoms with van der Waals surface area (Å²) < 4.78 is 10.6. The van der Waals surface area contributed by atoms with Crippen LogP contribution in [0.5, 0.6) is 0 Å². The topological polar surface area (TPSA) is 149 Å². The summed E-state index contributed by atoms with van der Waals surface area (Å²) in [6.07, 6.45) is 6.88. The third-order valence-corrected chi connectivity index (χ3v) is 10.7. The standard InChI is InChI=1S/C15H18N2OS.C8H10N2S.C8H8N2.C7H6N2.C6H8O2/c1-16-11-8-6-10(7-9-11)15-17-12-4-3-5-13(18-2)14(12)19-15;1-10-7-4-2-6(3-5-7)8(9)11;1-9-7-3-5-8(10-2)6-4-7;1-9-7-4-2-6(8)3-5-7;7-4-2-1-3-5-6(4)8-5/h6-9,13,16H,3-5H2,1-2H3;2-5,10H,1H3,(H2,9,11);3-6,9H,1H3;2-5H,8H2;5-6H,1-3H2. The number of fused-ring (bicyclic) bond motifs is 2. The van der Waals surface area contributed by atoms with Gasteiger partial charge >= 0.3 is 0 Å². The van der Waals surface area contributed by atoms with Crippen molar-refractivity contribution in [2.45, 2.75) is 56.8 Å². The molecule has 0 radical (unpaired) electrons. The van der Waals surface area contributed by atoms with Gasteiger partial charge in [-0.25, -0.2) is 14.7 Å².